The lowest BCUT2D eigenvalue weighted by molar-refractivity contribution is 0.102. The Morgan fingerprint density at radius 3 is 3.00 bits per heavy atom. The van der Waals surface area contributed by atoms with Crippen LogP contribution in [0.15, 0.2) is 24.3 Å². The third kappa shape index (κ3) is 2.46. The monoisotopic (exact) mass is 264 g/mol. The fraction of sp³-hybridized carbons (Fsp3) is 0.167. The van der Waals surface area contributed by atoms with Gasteiger partial charge in [-0.15, -0.1) is 0 Å². The lowest BCUT2D eigenvalue weighted by Crippen LogP contribution is -2.13. The number of H-pyrrole nitrogens is 1. The standard InChI is InChI=1S/C12H13ClN4O/c1-2-7-6-10(17-16-7)15-12(18)8-4-3-5-9(14)11(8)13/h3-6H,2,14H2,1H3,(H2,15,16,17,18). The number of carbonyl (C=O) groups is 1. The van der Waals surface area contributed by atoms with Crippen LogP contribution in [0.25, 0.3) is 0 Å². The minimum absolute atomic E-state index is 0.251. The number of aromatic amines is 1. The van der Waals surface area contributed by atoms with Gasteiger partial charge in [0.2, 0.25) is 0 Å². The summed E-state index contributed by atoms with van der Waals surface area (Å²) in [6.07, 6.45) is 0.821. The molecule has 5 nitrogen and oxygen atoms in total. The molecular weight excluding hydrogens is 252 g/mol. The average Bonchev–Trinajstić information content (AvgIpc) is 2.80. The molecule has 1 aromatic carbocycles. The Balaban J connectivity index is 2.19. The van der Waals surface area contributed by atoms with Gasteiger partial charge in [-0.2, -0.15) is 5.10 Å². The molecule has 4 N–H and O–H groups in total. The van der Waals surface area contributed by atoms with Crippen LogP contribution in [0.1, 0.15) is 23.0 Å². The van der Waals surface area contributed by atoms with E-state index in [1.807, 2.05) is 6.92 Å². The van der Waals surface area contributed by atoms with E-state index in [0.717, 1.165) is 12.1 Å². The van der Waals surface area contributed by atoms with Gasteiger partial charge in [0.15, 0.2) is 5.82 Å². The summed E-state index contributed by atoms with van der Waals surface area (Å²) in [4.78, 5) is 12.0. The molecule has 0 atom stereocenters. The number of aromatic nitrogens is 2. The van der Waals surface area contributed by atoms with Crippen molar-refractivity contribution in [3.8, 4) is 0 Å². The van der Waals surface area contributed by atoms with Crippen molar-refractivity contribution in [2.24, 2.45) is 0 Å². The molecule has 6 heteroatoms. The molecule has 0 aliphatic carbocycles. The van der Waals surface area contributed by atoms with Gasteiger partial charge < -0.3 is 11.1 Å². The summed E-state index contributed by atoms with van der Waals surface area (Å²) in [7, 11) is 0. The Kier molecular flexibility index (Phi) is 3.53. The van der Waals surface area contributed by atoms with Crippen molar-refractivity contribution in [2.45, 2.75) is 13.3 Å². The van der Waals surface area contributed by atoms with Crippen LogP contribution >= 0.6 is 11.6 Å². The second-order valence-electron chi connectivity index (χ2n) is 3.79. The zero-order valence-corrected chi connectivity index (χ0v) is 10.6. The summed E-state index contributed by atoms with van der Waals surface area (Å²) in [6.45, 7) is 1.99. The lowest BCUT2D eigenvalue weighted by atomic mass is 10.2. The molecule has 0 unspecified atom stereocenters. The van der Waals surface area contributed by atoms with Crippen LogP contribution in [-0.4, -0.2) is 16.1 Å². The summed E-state index contributed by atoms with van der Waals surface area (Å²) < 4.78 is 0. The molecule has 0 aliphatic heterocycles. The van der Waals surface area contributed by atoms with Gasteiger partial charge in [0, 0.05) is 11.8 Å². The maximum Gasteiger partial charge on any atom is 0.258 e. The molecule has 94 valence electrons. The number of nitrogens with zero attached hydrogens (tertiary/aromatic N) is 1. The van der Waals surface area contributed by atoms with Crippen molar-refractivity contribution in [3.05, 3.63) is 40.5 Å². The summed E-state index contributed by atoms with van der Waals surface area (Å²) in [5.41, 5.74) is 7.30. The second kappa shape index (κ2) is 5.10. The molecule has 0 saturated heterocycles. The maximum atomic E-state index is 12.0. The summed E-state index contributed by atoms with van der Waals surface area (Å²) in [6, 6.07) is 6.71. The van der Waals surface area contributed by atoms with Crippen LogP contribution < -0.4 is 11.1 Å². The van der Waals surface area contributed by atoms with E-state index in [1.54, 1.807) is 24.3 Å². The quantitative estimate of drug-likeness (QED) is 0.745. The Hall–Kier alpha value is -2.01. The van der Waals surface area contributed by atoms with E-state index in [4.69, 9.17) is 17.3 Å². The molecule has 1 amide bonds. The number of benzene rings is 1. The van der Waals surface area contributed by atoms with E-state index >= 15 is 0 Å². The first-order valence-corrected chi connectivity index (χ1v) is 5.89. The van der Waals surface area contributed by atoms with E-state index in [0.29, 0.717) is 17.1 Å². The first-order valence-electron chi connectivity index (χ1n) is 5.51. The molecule has 0 spiro atoms. The third-order valence-corrected chi connectivity index (χ3v) is 2.95. The minimum atomic E-state index is -0.332. The van der Waals surface area contributed by atoms with Crippen molar-refractivity contribution in [2.75, 3.05) is 11.1 Å². The van der Waals surface area contributed by atoms with Crippen LogP contribution in [0.5, 0.6) is 0 Å². The van der Waals surface area contributed by atoms with Crippen LogP contribution in [0.3, 0.4) is 0 Å². The maximum absolute atomic E-state index is 12.0. The smallest absolute Gasteiger partial charge is 0.258 e. The molecule has 0 aliphatic rings. The fourth-order valence-corrected chi connectivity index (χ4v) is 1.73. The fourth-order valence-electron chi connectivity index (χ4n) is 1.52. The minimum Gasteiger partial charge on any atom is -0.398 e. The SMILES string of the molecule is CCc1cc(NC(=O)c2cccc(N)c2Cl)n[nH]1. The molecule has 0 bridgehead atoms. The van der Waals surface area contributed by atoms with Crippen molar-refractivity contribution in [1.29, 1.82) is 0 Å². The number of anilines is 2. The topological polar surface area (TPSA) is 83.8 Å². The van der Waals surface area contributed by atoms with Crippen molar-refractivity contribution in [1.82, 2.24) is 10.2 Å². The molecule has 0 radical (unpaired) electrons. The zero-order chi connectivity index (χ0) is 13.1. The van der Waals surface area contributed by atoms with Crippen molar-refractivity contribution in [3.63, 3.8) is 0 Å². The largest absolute Gasteiger partial charge is 0.398 e. The van der Waals surface area contributed by atoms with Crippen LogP contribution in [0.2, 0.25) is 5.02 Å². The number of aryl methyl sites for hydroxylation is 1. The second-order valence-corrected chi connectivity index (χ2v) is 4.17. The van der Waals surface area contributed by atoms with Gasteiger partial charge in [-0.3, -0.25) is 9.89 Å². The number of nitrogens with one attached hydrogen (secondary N) is 2. The Bertz CT molecular complexity index is 579. The summed E-state index contributed by atoms with van der Waals surface area (Å²) in [5.74, 6) is 0.136. The number of carbonyl (C=O) groups excluding carboxylic acids is 1. The first-order chi connectivity index (χ1) is 8.61. The van der Waals surface area contributed by atoms with E-state index in [1.165, 1.54) is 0 Å². The van der Waals surface area contributed by atoms with Crippen molar-refractivity contribution >= 4 is 29.0 Å². The van der Waals surface area contributed by atoms with Gasteiger partial charge in [-0.1, -0.05) is 24.6 Å². The van der Waals surface area contributed by atoms with E-state index in [9.17, 15) is 4.79 Å². The van der Waals surface area contributed by atoms with Gasteiger partial charge in [0.25, 0.3) is 5.91 Å². The zero-order valence-electron chi connectivity index (χ0n) is 9.83. The van der Waals surface area contributed by atoms with Crippen LogP contribution in [-0.2, 0) is 6.42 Å². The highest BCUT2D eigenvalue weighted by atomic mass is 35.5. The number of hydrogen-bond donors (Lipinski definition) is 3. The third-order valence-electron chi connectivity index (χ3n) is 2.53. The number of amides is 1. The van der Waals surface area contributed by atoms with Crippen LogP contribution in [0.4, 0.5) is 11.5 Å². The van der Waals surface area contributed by atoms with Gasteiger partial charge in [0.05, 0.1) is 16.3 Å². The normalized spacial score (nSPS) is 10.3. The number of halogens is 1. The molecule has 0 saturated carbocycles. The highest BCUT2D eigenvalue weighted by Crippen LogP contribution is 2.23. The highest BCUT2D eigenvalue weighted by Gasteiger charge is 2.13. The van der Waals surface area contributed by atoms with Crippen LogP contribution in [0, 0.1) is 0 Å². The first kappa shape index (κ1) is 12.4. The van der Waals surface area contributed by atoms with Gasteiger partial charge >= 0.3 is 0 Å². The van der Waals surface area contributed by atoms with Gasteiger partial charge in [-0.05, 0) is 18.6 Å². The molecule has 0 fully saturated rings. The molecule has 2 aromatic rings. The highest BCUT2D eigenvalue weighted by molar-refractivity contribution is 6.36. The van der Waals surface area contributed by atoms with Gasteiger partial charge in [0.1, 0.15) is 0 Å². The molecular formula is C12H13ClN4O. The number of nitrogen functional groups attached to an aromatic ring is 1. The number of nitrogens with two attached hydrogens (primary N) is 1. The van der Waals surface area contributed by atoms with Gasteiger partial charge in [-0.25, -0.2) is 0 Å². The predicted octanol–water partition coefficient (Wildman–Crippen LogP) is 2.46. The summed E-state index contributed by atoms with van der Waals surface area (Å²) >= 11 is 5.97. The number of hydrogen-bond acceptors (Lipinski definition) is 3. The number of rotatable bonds is 3. The molecule has 18 heavy (non-hydrogen) atoms. The lowest BCUT2D eigenvalue weighted by Gasteiger charge is -2.05. The van der Waals surface area contributed by atoms with Crippen molar-refractivity contribution < 1.29 is 4.79 Å². The average molecular weight is 265 g/mol. The molecule has 1 aromatic heterocycles. The van der Waals surface area contributed by atoms with E-state index in [2.05, 4.69) is 15.5 Å². The molecule has 2 rings (SSSR count). The Labute approximate surface area is 109 Å². The predicted molar refractivity (Wildman–Crippen MR) is 71.8 cm³/mol. The summed E-state index contributed by atoms with van der Waals surface area (Å²) in [5, 5.41) is 9.70. The van der Waals surface area contributed by atoms with E-state index in [-0.39, 0.29) is 10.9 Å². The Morgan fingerprint density at radius 2 is 2.33 bits per heavy atom. The molecule has 1 heterocycles. The Morgan fingerprint density at radius 1 is 1.56 bits per heavy atom. The van der Waals surface area contributed by atoms with E-state index < -0.39 is 0 Å².